The van der Waals surface area contributed by atoms with Crippen LogP contribution >= 0.6 is 11.3 Å². The van der Waals surface area contributed by atoms with Gasteiger partial charge in [-0.3, -0.25) is 0 Å². The molecule has 1 aromatic carbocycles. The maximum Gasteiger partial charge on any atom is 0.496 e. The molecular weight excluding hydrogens is 264 g/mol. The molecule has 0 radical (unpaired) electrons. The number of thiazole rings is 1. The minimum absolute atomic E-state index is 0.317. The average Bonchev–Trinajstić information content (AvgIpc) is 2.80. The summed E-state index contributed by atoms with van der Waals surface area (Å²) < 4.78 is 26.5. The number of halogens is 1. The monoisotopic (exact) mass is 279 g/mol. The lowest BCUT2D eigenvalue weighted by Crippen LogP contribution is -2.41. The number of nitrogens with zero attached hydrogens (tertiary/aromatic N) is 1. The van der Waals surface area contributed by atoms with Crippen molar-refractivity contribution in [1.82, 2.24) is 4.98 Å². The lowest BCUT2D eigenvalue weighted by Gasteiger charge is -2.32. The Morgan fingerprint density at radius 1 is 1.16 bits per heavy atom. The Hall–Kier alpha value is -0.975. The second-order valence-electron chi connectivity index (χ2n) is 5.78. The second kappa shape index (κ2) is 4.01. The normalized spacial score (nSPS) is 21.2. The van der Waals surface area contributed by atoms with Gasteiger partial charge >= 0.3 is 7.12 Å². The van der Waals surface area contributed by atoms with Gasteiger partial charge in [-0.25, -0.2) is 9.37 Å². The molecule has 6 heteroatoms. The molecule has 1 fully saturated rings. The summed E-state index contributed by atoms with van der Waals surface area (Å²) in [6.45, 7) is 7.93. The van der Waals surface area contributed by atoms with Crippen LogP contribution in [0.5, 0.6) is 0 Å². The van der Waals surface area contributed by atoms with Crippen molar-refractivity contribution in [3.63, 3.8) is 0 Å². The second-order valence-corrected chi connectivity index (χ2v) is 6.64. The van der Waals surface area contributed by atoms with Gasteiger partial charge in [0.05, 0.1) is 26.9 Å². The summed E-state index contributed by atoms with van der Waals surface area (Å²) >= 11 is 1.47. The maximum absolute atomic E-state index is 13.7. The van der Waals surface area contributed by atoms with Gasteiger partial charge in [0.2, 0.25) is 0 Å². The first-order valence-corrected chi connectivity index (χ1v) is 7.06. The maximum atomic E-state index is 13.7. The fourth-order valence-electron chi connectivity index (χ4n) is 2.11. The molecule has 0 amide bonds. The zero-order valence-corrected chi connectivity index (χ0v) is 12.2. The van der Waals surface area contributed by atoms with Crippen LogP contribution in [0, 0.1) is 5.82 Å². The first-order valence-electron chi connectivity index (χ1n) is 6.18. The molecule has 0 unspecified atom stereocenters. The Bertz CT molecular complexity index is 625. The molecule has 0 aliphatic carbocycles. The van der Waals surface area contributed by atoms with Crippen molar-refractivity contribution in [2.45, 2.75) is 38.9 Å². The summed E-state index contributed by atoms with van der Waals surface area (Å²) in [6.07, 6.45) is 0. The van der Waals surface area contributed by atoms with Gasteiger partial charge in [-0.1, -0.05) is 0 Å². The Morgan fingerprint density at radius 2 is 1.79 bits per heavy atom. The van der Waals surface area contributed by atoms with Crippen LogP contribution in [0.2, 0.25) is 0 Å². The van der Waals surface area contributed by atoms with Gasteiger partial charge in [0.25, 0.3) is 0 Å². The van der Waals surface area contributed by atoms with E-state index in [1.165, 1.54) is 23.5 Å². The molecule has 0 saturated carbocycles. The van der Waals surface area contributed by atoms with E-state index in [2.05, 4.69) is 4.98 Å². The minimum Gasteiger partial charge on any atom is -0.399 e. The van der Waals surface area contributed by atoms with Gasteiger partial charge in [-0.2, -0.15) is 0 Å². The summed E-state index contributed by atoms with van der Waals surface area (Å²) in [5.74, 6) is -0.317. The van der Waals surface area contributed by atoms with E-state index >= 15 is 0 Å². The largest absolute Gasteiger partial charge is 0.496 e. The molecule has 100 valence electrons. The number of benzene rings is 1. The highest BCUT2D eigenvalue weighted by molar-refractivity contribution is 7.18. The molecule has 1 saturated heterocycles. The molecule has 0 atom stereocenters. The first kappa shape index (κ1) is 13.0. The van der Waals surface area contributed by atoms with E-state index in [1.807, 2.05) is 27.7 Å². The Kier molecular flexibility index (Phi) is 2.75. The molecule has 19 heavy (non-hydrogen) atoms. The van der Waals surface area contributed by atoms with E-state index in [9.17, 15) is 4.39 Å². The van der Waals surface area contributed by atoms with Crippen LogP contribution < -0.4 is 5.46 Å². The van der Waals surface area contributed by atoms with Gasteiger partial charge in [0, 0.05) is 11.5 Å². The third-order valence-corrected chi connectivity index (χ3v) is 4.82. The van der Waals surface area contributed by atoms with Crippen molar-refractivity contribution >= 4 is 34.1 Å². The number of rotatable bonds is 1. The smallest absolute Gasteiger partial charge is 0.399 e. The predicted octanol–water partition coefficient (Wildman–Crippen LogP) is 2.73. The lowest BCUT2D eigenvalue weighted by molar-refractivity contribution is 0.00578. The zero-order valence-electron chi connectivity index (χ0n) is 11.4. The molecule has 0 N–H and O–H groups in total. The van der Waals surface area contributed by atoms with E-state index < -0.39 is 18.3 Å². The zero-order chi connectivity index (χ0) is 13.8. The summed E-state index contributed by atoms with van der Waals surface area (Å²) in [4.78, 5) is 4.15. The van der Waals surface area contributed by atoms with E-state index in [-0.39, 0.29) is 5.82 Å². The SMILES string of the molecule is CC1(C)OB(c2cc(F)cc3ncsc23)OC1(C)C. The Morgan fingerprint density at radius 3 is 2.42 bits per heavy atom. The van der Waals surface area contributed by atoms with Crippen LogP contribution in [0.1, 0.15) is 27.7 Å². The highest BCUT2D eigenvalue weighted by Gasteiger charge is 2.52. The van der Waals surface area contributed by atoms with E-state index in [0.29, 0.717) is 5.52 Å². The van der Waals surface area contributed by atoms with Crippen molar-refractivity contribution in [2.24, 2.45) is 0 Å². The first-order chi connectivity index (χ1) is 8.80. The van der Waals surface area contributed by atoms with Crippen molar-refractivity contribution in [1.29, 1.82) is 0 Å². The third kappa shape index (κ3) is 1.98. The molecule has 2 aromatic rings. The number of aromatic nitrogens is 1. The quantitative estimate of drug-likeness (QED) is 0.752. The fraction of sp³-hybridized carbons (Fsp3) is 0.462. The van der Waals surface area contributed by atoms with Crippen LogP contribution in [0.15, 0.2) is 17.6 Å². The third-order valence-electron chi connectivity index (χ3n) is 3.93. The lowest BCUT2D eigenvalue weighted by atomic mass is 9.79. The average molecular weight is 279 g/mol. The van der Waals surface area contributed by atoms with Crippen LogP contribution in [0.4, 0.5) is 4.39 Å². The fourth-order valence-corrected chi connectivity index (χ4v) is 2.90. The van der Waals surface area contributed by atoms with Gasteiger partial charge in [-0.15, -0.1) is 11.3 Å². The molecule has 1 aromatic heterocycles. The summed E-state index contributed by atoms with van der Waals surface area (Å²) in [7, 11) is -0.552. The van der Waals surface area contributed by atoms with E-state index in [0.717, 1.165) is 10.2 Å². The minimum atomic E-state index is -0.552. The highest BCUT2D eigenvalue weighted by Crippen LogP contribution is 2.37. The molecular formula is C13H15BFNO2S. The van der Waals surface area contributed by atoms with E-state index in [4.69, 9.17) is 9.31 Å². The van der Waals surface area contributed by atoms with Gasteiger partial charge in [0.1, 0.15) is 5.82 Å². The summed E-state index contributed by atoms with van der Waals surface area (Å²) in [6, 6.07) is 2.91. The van der Waals surface area contributed by atoms with Crippen LogP contribution in [0.25, 0.3) is 10.2 Å². The van der Waals surface area contributed by atoms with Crippen molar-refractivity contribution in [2.75, 3.05) is 0 Å². The van der Waals surface area contributed by atoms with Crippen molar-refractivity contribution in [3.8, 4) is 0 Å². The molecule has 3 nitrogen and oxygen atoms in total. The molecule has 2 heterocycles. The standard InChI is InChI=1S/C13H15BFNO2S/c1-12(2)13(3,4)18-14(17-12)9-5-8(15)6-10-11(9)19-7-16-10/h5-7H,1-4H3. The van der Waals surface area contributed by atoms with Crippen molar-refractivity contribution < 1.29 is 13.7 Å². The molecule has 0 bridgehead atoms. The summed E-state index contributed by atoms with van der Waals surface area (Å²) in [5.41, 5.74) is 2.21. The summed E-state index contributed by atoms with van der Waals surface area (Å²) in [5, 5.41) is 0. The van der Waals surface area contributed by atoms with Crippen LogP contribution in [-0.4, -0.2) is 23.3 Å². The van der Waals surface area contributed by atoms with Gasteiger partial charge in [0.15, 0.2) is 0 Å². The number of hydrogen-bond donors (Lipinski definition) is 0. The molecule has 3 rings (SSSR count). The van der Waals surface area contributed by atoms with Gasteiger partial charge in [-0.05, 0) is 33.8 Å². The molecule has 1 aliphatic rings. The Balaban J connectivity index is 2.09. The molecule has 1 aliphatic heterocycles. The number of fused-ring (bicyclic) bond motifs is 1. The van der Waals surface area contributed by atoms with Gasteiger partial charge < -0.3 is 9.31 Å². The number of hydrogen-bond acceptors (Lipinski definition) is 4. The molecule has 0 spiro atoms. The van der Waals surface area contributed by atoms with Crippen LogP contribution in [-0.2, 0) is 9.31 Å². The topological polar surface area (TPSA) is 31.4 Å². The van der Waals surface area contributed by atoms with E-state index in [1.54, 1.807) is 5.51 Å². The van der Waals surface area contributed by atoms with Crippen molar-refractivity contribution in [3.05, 3.63) is 23.5 Å². The Labute approximate surface area is 115 Å². The highest BCUT2D eigenvalue weighted by atomic mass is 32.1. The predicted molar refractivity (Wildman–Crippen MR) is 75.3 cm³/mol. The van der Waals surface area contributed by atoms with Crippen LogP contribution in [0.3, 0.4) is 0 Å².